The zero-order chi connectivity index (χ0) is 95.6. The van der Waals surface area contributed by atoms with Gasteiger partial charge in [0.25, 0.3) is 0 Å². The van der Waals surface area contributed by atoms with Crippen molar-refractivity contribution < 1.29 is 35.1 Å². The van der Waals surface area contributed by atoms with Gasteiger partial charge in [-0.1, -0.05) is 340 Å². The molecule has 0 aliphatic carbocycles. The van der Waals surface area contributed by atoms with E-state index >= 15 is 35.1 Å². The zero-order valence-electron chi connectivity index (χ0n) is 79.1. The molecule has 0 saturated heterocycles. The Kier molecular flexibility index (Phi) is 23.7. The summed E-state index contributed by atoms with van der Waals surface area (Å²) in [6.07, 6.45) is 0. The van der Waals surface area contributed by atoms with Gasteiger partial charge in [-0.2, -0.15) is 0 Å². The van der Waals surface area contributed by atoms with Crippen molar-refractivity contribution in [2.24, 2.45) is 0 Å². The van der Waals surface area contributed by atoms with Crippen molar-refractivity contribution >= 4 is 186 Å². The van der Waals surface area contributed by atoms with E-state index in [1.165, 1.54) is 45.0 Å². The Morgan fingerprint density at radius 3 is 0.618 bits per heavy atom. The van der Waals surface area contributed by atoms with Gasteiger partial charge in [0.15, 0.2) is 23.3 Å². The topological polar surface area (TPSA) is 13.0 Å². The Morgan fingerprint density at radius 1 is 0.191 bits per heavy atom. The lowest BCUT2D eigenvalue weighted by Crippen LogP contribution is -2.37. The highest BCUT2D eigenvalue weighted by molar-refractivity contribution is 6.90. The fourth-order valence-electron chi connectivity index (χ4n) is 19.5. The first-order chi connectivity index (χ1) is 64.9. The molecular formula is C120H104F8N4Si4. The second kappa shape index (κ2) is 35.3. The van der Waals surface area contributed by atoms with E-state index in [0.717, 1.165) is 134 Å². The van der Waals surface area contributed by atoms with Gasteiger partial charge in [-0.05, 0) is 190 Å². The maximum Gasteiger partial charge on any atom is 0.150 e. The summed E-state index contributed by atoms with van der Waals surface area (Å²) in [6, 6.07) is 107. The van der Waals surface area contributed by atoms with Crippen molar-refractivity contribution in [3.05, 3.63) is 409 Å². The summed E-state index contributed by atoms with van der Waals surface area (Å²) in [7, 11) is -6.88. The third-order valence-electron chi connectivity index (χ3n) is 26.6. The quantitative estimate of drug-likeness (QED) is 0.0428. The first-order valence-corrected chi connectivity index (χ1v) is 60.2. The van der Waals surface area contributed by atoms with Crippen LogP contribution in [0.3, 0.4) is 0 Å². The number of halogens is 8. The second-order valence-electron chi connectivity index (χ2n) is 40.3. The summed E-state index contributed by atoms with van der Waals surface area (Å²) in [5.74, 6) is -5.42. The molecule has 0 atom stereocenters. The molecule has 16 heteroatoms. The molecule has 0 radical (unpaired) electrons. The Bertz CT molecular complexity index is 7550. The normalized spacial score (nSPS) is 12.1. The third-order valence-corrected chi connectivity index (χ3v) is 34.8. The second-order valence-corrected chi connectivity index (χ2v) is 60.6. The number of benzene rings is 20. The molecule has 0 aromatic heterocycles. The molecule has 0 bridgehead atoms. The minimum atomic E-state index is -1.72. The van der Waals surface area contributed by atoms with Gasteiger partial charge in [0.1, 0.15) is 23.3 Å². The summed E-state index contributed by atoms with van der Waals surface area (Å²) in [5.41, 5.74) is 15.1. The largest absolute Gasteiger partial charge is 0.307 e. The lowest BCUT2D eigenvalue weighted by atomic mass is 9.91. The van der Waals surface area contributed by atoms with Gasteiger partial charge in [-0.15, -0.1) is 0 Å². The van der Waals surface area contributed by atoms with E-state index < -0.39 is 78.8 Å². The molecule has 0 heterocycles. The fourth-order valence-corrected chi connectivity index (χ4v) is 24.1. The highest BCUT2D eigenvalue weighted by Gasteiger charge is 2.34. The minimum Gasteiger partial charge on any atom is -0.307 e. The van der Waals surface area contributed by atoms with Gasteiger partial charge >= 0.3 is 0 Å². The van der Waals surface area contributed by atoms with Crippen LogP contribution in [0.25, 0.3) is 109 Å². The molecule has 20 aromatic rings. The van der Waals surface area contributed by atoms with Crippen LogP contribution in [0, 0.1) is 74.2 Å². The van der Waals surface area contributed by atoms with Crippen LogP contribution in [-0.4, -0.2) is 32.3 Å². The molecule has 136 heavy (non-hydrogen) atoms. The van der Waals surface area contributed by atoms with Crippen LogP contribution < -0.4 is 40.3 Å². The van der Waals surface area contributed by atoms with Crippen molar-refractivity contribution in [1.82, 2.24) is 0 Å². The van der Waals surface area contributed by atoms with E-state index in [1.54, 1.807) is 0 Å². The Labute approximate surface area is 794 Å². The van der Waals surface area contributed by atoms with E-state index in [-0.39, 0.29) is 22.7 Å². The third kappa shape index (κ3) is 17.2. The SMILES string of the molecule is Cc1ccc(-c2cc(F)cc(F)c2N(c2ccc([Si](C)(C)C)cc2)c2ccc3ccc4c(N(c5ccc([Si](C)(C)C)cc5)c5c(F)cc(F)cc5-c5ccc(C)cc5)ccc5ccc2c3c54)cc1.Cc1cccc(-c2cc(F)cc(F)c2N(c2ccc([Si](C)(C)C)cc2)c2ccc3ccc4c(N(c5ccc([Si](C)(C)C)cc5)c5c(F)cc(F)cc5-c5cccc(C)c5)ccc5ccc2c3c54)c1. The molecule has 0 fully saturated rings. The van der Waals surface area contributed by atoms with Crippen LogP contribution in [0.15, 0.2) is 340 Å². The minimum absolute atomic E-state index is 0.232. The molecule has 0 amide bonds. The molecule has 0 saturated carbocycles. The fraction of sp³-hybridized carbons (Fsp3) is 0.133. The first-order valence-electron chi connectivity index (χ1n) is 46.2. The van der Waals surface area contributed by atoms with Gasteiger partial charge in [-0.3, -0.25) is 0 Å². The van der Waals surface area contributed by atoms with E-state index in [0.29, 0.717) is 67.3 Å². The van der Waals surface area contributed by atoms with Crippen LogP contribution in [-0.2, 0) is 0 Å². The van der Waals surface area contributed by atoms with E-state index in [1.807, 2.05) is 217 Å². The maximum atomic E-state index is 17.0. The number of hydrogen-bond donors (Lipinski definition) is 0. The summed E-state index contributed by atoms with van der Waals surface area (Å²) in [6.45, 7) is 35.4. The van der Waals surface area contributed by atoms with Crippen LogP contribution >= 0.6 is 0 Å². The van der Waals surface area contributed by atoms with Crippen molar-refractivity contribution in [2.45, 2.75) is 106 Å². The number of aryl methyl sites for hydroxylation is 4. The number of anilines is 12. The highest BCUT2D eigenvalue weighted by atomic mass is 28.3. The molecule has 676 valence electrons. The number of rotatable bonds is 20. The van der Waals surface area contributed by atoms with Crippen LogP contribution in [0.5, 0.6) is 0 Å². The molecule has 20 rings (SSSR count). The molecule has 0 spiro atoms. The van der Waals surface area contributed by atoms with Gasteiger partial charge < -0.3 is 19.6 Å². The summed E-state index contributed by atoms with van der Waals surface area (Å²) in [5, 5.41) is 16.0. The van der Waals surface area contributed by atoms with Crippen molar-refractivity contribution in [1.29, 1.82) is 0 Å². The Morgan fingerprint density at radius 2 is 0.404 bits per heavy atom. The molecule has 0 N–H and O–H groups in total. The molecule has 0 unspecified atom stereocenters. The van der Waals surface area contributed by atoms with E-state index in [2.05, 4.69) is 200 Å². The smallest absolute Gasteiger partial charge is 0.150 e. The summed E-state index contributed by atoms with van der Waals surface area (Å²) < 4.78 is 130. The predicted octanol–water partition coefficient (Wildman–Crippen LogP) is 34.2. The molecular weight excluding hydrogens is 1760 g/mol. The lowest BCUT2D eigenvalue weighted by Gasteiger charge is -2.32. The van der Waals surface area contributed by atoms with Crippen LogP contribution in [0.1, 0.15) is 22.3 Å². The maximum absolute atomic E-state index is 17.0. The molecule has 0 aliphatic heterocycles. The molecule has 4 nitrogen and oxygen atoms in total. The molecule has 20 aromatic carbocycles. The van der Waals surface area contributed by atoms with Crippen LogP contribution in [0.4, 0.5) is 103 Å². The lowest BCUT2D eigenvalue weighted by molar-refractivity contribution is 0.584. The van der Waals surface area contributed by atoms with E-state index in [9.17, 15) is 0 Å². The number of nitrogens with zero attached hydrogens (tertiary/aromatic N) is 4. The van der Waals surface area contributed by atoms with Gasteiger partial charge in [0.05, 0.1) is 77.8 Å². The van der Waals surface area contributed by atoms with E-state index in [4.69, 9.17) is 0 Å². The predicted molar refractivity (Wildman–Crippen MR) is 571 cm³/mol. The van der Waals surface area contributed by atoms with Gasteiger partial charge in [0.2, 0.25) is 0 Å². The molecule has 0 aliphatic rings. The highest BCUT2D eigenvalue weighted by Crippen LogP contribution is 2.55. The zero-order valence-corrected chi connectivity index (χ0v) is 83.1. The average molecular weight is 1870 g/mol. The summed E-state index contributed by atoms with van der Waals surface area (Å²) in [4.78, 5) is 7.72. The van der Waals surface area contributed by atoms with Crippen molar-refractivity contribution in [2.75, 3.05) is 19.6 Å². The Hall–Kier alpha value is -14.0. The standard InChI is InChI=1S/2C60H52F4N2Si2/c1-37-9-13-39(14-10-37)51-33-43(61)35-53(63)59(51)65(45-21-25-47(26-22-45)67(3,4)5)55-31-19-41-18-30-50-56(32-20-42-17-29-49(55)57(41)58(42)50)66(46-23-27-48(28-24-46)68(6,7)8)60-52(34-44(62)36-54(60)64)40-15-11-38(2)12-16-40;1-37-11-9-13-41(31-37)51-33-43(61)35-53(63)59(51)65(45-19-23-47(24-20-45)67(3,4)5)55-29-17-39-16-28-50-56(30-18-40-15-27-49(55)57(39)58(40)50)66(46-21-25-48(26-22-46)68(6,7)8)60-52(34-44(62)36-54(60)64)42-14-10-12-38(2)32-42/h2*9-36H,1-8H3. The summed E-state index contributed by atoms with van der Waals surface area (Å²) >= 11 is 0. The van der Waals surface area contributed by atoms with Crippen LogP contribution in [0.2, 0.25) is 78.6 Å². The van der Waals surface area contributed by atoms with Crippen molar-refractivity contribution in [3.63, 3.8) is 0 Å². The average Bonchev–Trinajstić information content (AvgIpc) is 0.716. The Balaban J connectivity index is 0.000000174. The van der Waals surface area contributed by atoms with Crippen molar-refractivity contribution in [3.8, 4) is 44.5 Å². The van der Waals surface area contributed by atoms with Gasteiger partial charge in [-0.25, -0.2) is 35.1 Å². The number of hydrogen-bond acceptors (Lipinski definition) is 4. The monoisotopic (exact) mass is 1860 g/mol. The first kappa shape index (κ1) is 91.1. The van der Waals surface area contributed by atoms with Gasteiger partial charge in [0, 0.05) is 90.8 Å².